The molecule has 1 saturated carbocycles. The molecule has 1 aromatic carbocycles. The average Bonchev–Trinajstić information content (AvgIpc) is 2.40. The summed E-state index contributed by atoms with van der Waals surface area (Å²) >= 11 is 0. The van der Waals surface area contributed by atoms with Crippen molar-refractivity contribution < 1.29 is 0 Å². The highest BCUT2D eigenvalue weighted by Gasteiger charge is 2.22. The summed E-state index contributed by atoms with van der Waals surface area (Å²) in [6.45, 7) is 7.85. The van der Waals surface area contributed by atoms with Crippen molar-refractivity contribution in [1.29, 1.82) is 0 Å². The van der Waals surface area contributed by atoms with Gasteiger partial charge in [-0.15, -0.1) is 0 Å². The zero-order valence-corrected chi connectivity index (χ0v) is 12.1. The third-order valence-corrected chi connectivity index (χ3v) is 4.36. The van der Waals surface area contributed by atoms with Crippen LogP contribution in [-0.2, 0) is 0 Å². The van der Waals surface area contributed by atoms with Crippen molar-refractivity contribution in [2.75, 3.05) is 6.54 Å². The Morgan fingerprint density at radius 2 is 2.00 bits per heavy atom. The first-order valence-electron chi connectivity index (χ1n) is 7.51. The lowest BCUT2D eigenvalue weighted by Crippen LogP contribution is -2.34. The third-order valence-electron chi connectivity index (χ3n) is 4.36. The predicted molar refractivity (Wildman–Crippen MR) is 79.2 cm³/mol. The van der Waals surface area contributed by atoms with Crippen molar-refractivity contribution in [3.63, 3.8) is 0 Å². The largest absolute Gasteiger partial charge is 0.314 e. The van der Waals surface area contributed by atoms with Gasteiger partial charge in [0.05, 0.1) is 0 Å². The molecular formula is C17H27N. The lowest BCUT2D eigenvalue weighted by Gasteiger charge is -2.30. The Kier molecular flexibility index (Phi) is 4.82. The fourth-order valence-corrected chi connectivity index (χ4v) is 3.04. The Bertz CT molecular complexity index is 383. The molecule has 1 N–H and O–H groups in total. The second-order valence-electron chi connectivity index (χ2n) is 5.86. The van der Waals surface area contributed by atoms with Gasteiger partial charge < -0.3 is 5.32 Å². The molecule has 2 unspecified atom stereocenters. The smallest absolute Gasteiger partial charge is 0.00728 e. The van der Waals surface area contributed by atoms with E-state index in [1.807, 2.05) is 0 Å². The van der Waals surface area contributed by atoms with Gasteiger partial charge in [-0.05, 0) is 68.7 Å². The van der Waals surface area contributed by atoms with Crippen molar-refractivity contribution in [1.82, 2.24) is 5.32 Å². The summed E-state index contributed by atoms with van der Waals surface area (Å²) in [6.07, 6.45) is 6.67. The molecule has 0 saturated heterocycles. The summed E-state index contributed by atoms with van der Waals surface area (Å²) < 4.78 is 0. The Hall–Kier alpha value is -0.820. The molecule has 1 aromatic rings. The molecule has 0 amide bonds. The first kappa shape index (κ1) is 13.6. The van der Waals surface area contributed by atoms with Crippen LogP contribution in [0.25, 0.3) is 0 Å². The molecule has 1 fully saturated rings. The van der Waals surface area contributed by atoms with Crippen LogP contribution in [0, 0.1) is 13.8 Å². The summed E-state index contributed by atoms with van der Waals surface area (Å²) in [6, 6.07) is 7.77. The first-order chi connectivity index (χ1) is 8.70. The van der Waals surface area contributed by atoms with E-state index in [9.17, 15) is 0 Å². The highest BCUT2D eigenvalue weighted by molar-refractivity contribution is 5.32. The van der Waals surface area contributed by atoms with Gasteiger partial charge in [0.2, 0.25) is 0 Å². The van der Waals surface area contributed by atoms with Crippen LogP contribution >= 0.6 is 0 Å². The predicted octanol–water partition coefficient (Wildman–Crippen LogP) is 4.33. The molecule has 0 aromatic heterocycles. The number of hydrogen-bond donors (Lipinski definition) is 1. The van der Waals surface area contributed by atoms with E-state index in [2.05, 4.69) is 44.3 Å². The zero-order valence-electron chi connectivity index (χ0n) is 12.1. The Morgan fingerprint density at radius 3 is 2.72 bits per heavy atom. The lowest BCUT2D eigenvalue weighted by molar-refractivity contribution is 0.340. The van der Waals surface area contributed by atoms with E-state index in [-0.39, 0.29) is 0 Å². The zero-order chi connectivity index (χ0) is 13.0. The van der Waals surface area contributed by atoms with Crippen LogP contribution < -0.4 is 5.32 Å². The minimum atomic E-state index is 0.741. The Balaban J connectivity index is 2.01. The van der Waals surface area contributed by atoms with Gasteiger partial charge in [0.1, 0.15) is 0 Å². The SMILES string of the molecule is CCCNC1CCCC(c2ccc(C)c(C)c2)C1. The summed E-state index contributed by atoms with van der Waals surface area (Å²) in [5.41, 5.74) is 4.41. The van der Waals surface area contributed by atoms with Crippen LogP contribution in [0.5, 0.6) is 0 Å². The first-order valence-corrected chi connectivity index (χ1v) is 7.51. The van der Waals surface area contributed by atoms with E-state index >= 15 is 0 Å². The van der Waals surface area contributed by atoms with Gasteiger partial charge >= 0.3 is 0 Å². The van der Waals surface area contributed by atoms with Crippen molar-refractivity contribution in [2.24, 2.45) is 0 Å². The van der Waals surface area contributed by atoms with E-state index < -0.39 is 0 Å². The minimum absolute atomic E-state index is 0.741. The number of hydrogen-bond acceptors (Lipinski definition) is 1. The molecule has 100 valence electrons. The number of rotatable bonds is 4. The van der Waals surface area contributed by atoms with Gasteiger partial charge in [0.25, 0.3) is 0 Å². The Morgan fingerprint density at radius 1 is 1.17 bits per heavy atom. The van der Waals surface area contributed by atoms with Gasteiger partial charge in [0.15, 0.2) is 0 Å². The molecule has 2 atom stereocenters. The number of nitrogens with one attached hydrogen (secondary N) is 1. The van der Waals surface area contributed by atoms with Gasteiger partial charge in [-0.25, -0.2) is 0 Å². The summed E-state index contributed by atoms with van der Waals surface area (Å²) in [4.78, 5) is 0. The molecule has 18 heavy (non-hydrogen) atoms. The molecule has 1 nitrogen and oxygen atoms in total. The van der Waals surface area contributed by atoms with Crippen molar-refractivity contribution in [2.45, 2.75) is 64.8 Å². The molecule has 2 rings (SSSR count). The molecule has 1 heteroatoms. The maximum Gasteiger partial charge on any atom is 0.00728 e. The summed E-state index contributed by atoms with van der Waals surface area (Å²) in [5.74, 6) is 0.771. The van der Waals surface area contributed by atoms with Crippen molar-refractivity contribution in [3.05, 3.63) is 34.9 Å². The van der Waals surface area contributed by atoms with Crippen LogP contribution in [0.15, 0.2) is 18.2 Å². The van der Waals surface area contributed by atoms with Crippen LogP contribution in [0.1, 0.15) is 61.6 Å². The normalized spacial score (nSPS) is 24.2. The highest BCUT2D eigenvalue weighted by atomic mass is 14.9. The lowest BCUT2D eigenvalue weighted by atomic mass is 9.80. The van der Waals surface area contributed by atoms with E-state index in [4.69, 9.17) is 0 Å². The van der Waals surface area contributed by atoms with E-state index in [1.54, 1.807) is 5.56 Å². The quantitative estimate of drug-likeness (QED) is 0.832. The Labute approximate surface area is 112 Å². The van der Waals surface area contributed by atoms with Crippen LogP contribution in [-0.4, -0.2) is 12.6 Å². The van der Waals surface area contributed by atoms with Crippen molar-refractivity contribution in [3.8, 4) is 0 Å². The molecule has 1 aliphatic carbocycles. The number of aryl methyl sites for hydroxylation is 2. The van der Waals surface area contributed by atoms with Crippen LogP contribution in [0.3, 0.4) is 0 Å². The average molecular weight is 245 g/mol. The number of benzene rings is 1. The summed E-state index contributed by atoms with van der Waals surface area (Å²) in [7, 11) is 0. The van der Waals surface area contributed by atoms with E-state index in [0.29, 0.717) is 0 Å². The van der Waals surface area contributed by atoms with E-state index in [0.717, 1.165) is 12.0 Å². The molecule has 0 aliphatic heterocycles. The fourth-order valence-electron chi connectivity index (χ4n) is 3.04. The van der Waals surface area contributed by atoms with Gasteiger partial charge in [-0.2, -0.15) is 0 Å². The second kappa shape index (κ2) is 6.38. The highest BCUT2D eigenvalue weighted by Crippen LogP contribution is 2.33. The third kappa shape index (κ3) is 3.35. The van der Waals surface area contributed by atoms with Crippen LogP contribution in [0.4, 0.5) is 0 Å². The molecule has 0 radical (unpaired) electrons. The molecule has 0 spiro atoms. The fraction of sp³-hybridized carbons (Fsp3) is 0.647. The minimum Gasteiger partial charge on any atom is -0.314 e. The van der Waals surface area contributed by atoms with Crippen molar-refractivity contribution >= 4 is 0 Å². The summed E-state index contributed by atoms with van der Waals surface area (Å²) in [5, 5.41) is 3.70. The molecule has 0 bridgehead atoms. The maximum absolute atomic E-state index is 3.70. The van der Waals surface area contributed by atoms with Crippen LogP contribution in [0.2, 0.25) is 0 Å². The molecule has 0 heterocycles. The van der Waals surface area contributed by atoms with E-state index in [1.165, 1.54) is 49.8 Å². The second-order valence-corrected chi connectivity index (χ2v) is 5.86. The maximum atomic E-state index is 3.70. The topological polar surface area (TPSA) is 12.0 Å². The standard InChI is InChI=1S/C17H27N/c1-4-10-18-17-7-5-6-15(12-17)16-9-8-13(2)14(3)11-16/h8-9,11,15,17-18H,4-7,10,12H2,1-3H3. The van der Waals surface area contributed by atoms with Gasteiger partial charge in [-0.1, -0.05) is 31.5 Å². The molecule has 1 aliphatic rings. The molecular weight excluding hydrogens is 218 g/mol. The van der Waals surface area contributed by atoms with Gasteiger partial charge in [-0.3, -0.25) is 0 Å². The monoisotopic (exact) mass is 245 g/mol. The van der Waals surface area contributed by atoms with Gasteiger partial charge in [0, 0.05) is 6.04 Å².